The van der Waals surface area contributed by atoms with Crippen LogP contribution in [0, 0.1) is 0 Å². The first-order chi connectivity index (χ1) is 4.27. The van der Waals surface area contributed by atoms with Gasteiger partial charge in [0, 0.05) is 0 Å². The Labute approximate surface area is 66.3 Å². The molecule has 0 aliphatic carbocycles. The summed E-state index contributed by atoms with van der Waals surface area (Å²) >= 11 is -0.164. The van der Waals surface area contributed by atoms with Gasteiger partial charge in [0.05, 0.1) is 0 Å². The molecule has 0 aromatic rings. The summed E-state index contributed by atoms with van der Waals surface area (Å²) in [7, 11) is 1.72. The zero-order valence-corrected chi connectivity index (χ0v) is 7.87. The maximum atomic E-state index is 5.39. The topological polar surface area (TPSA) is 18.5 Å². The van der Waals surface area contributed by atoms with Gasteiger partial charge < -0.3 is 0 Å². The minimum absolute atomic E-state index is 0.164. The van der Waals surface area contributed by atoms with E-state index in [-0.39, 0.29) is 19.5 Å². The van der Waals surface area contributed by atoms with Crippen LogP contribution in [0.4, 0.5) is 0 Å². The molecule has 54 valence electrons. The first-order valence-corrected chi connectivity index (χ1v) is 4.89. The Morgan fingerprint density at radius 3 is 2.56 bits per heavy atom. The van der Waals surface area contributed by atoms with Gasteiger partial charge in [0.2, 0.25) is 0 Å². The zero-order chi connectivity index (χ0) is 7.11. The van der Waals surface area contributed by atoms with Crippen molar-refractivity contribution in [2.75, 3.05) is 13.7 Å². The van der Waals surface area contributed by atoms with Crippen molar-refractivity contribution < 1.29 is 27.6 Å². The van der Waals surface area contributed by atoms with E-state index in [9.17, 15) is 0 Å². The van der Waals surface area contributed by atoms with E-state index in [0.29, 0.717) is 6.10 Å². The number of rotatable bonds is 5. The van der Waals surface area contributed by atoms with Crippen LogP contribution in [0.25, 0.3) is 0 Å². The zero-order valence-electron chi connectivity index (χ0n) is 6.31. The second kappa shape index (κ2) is 6.75. The summed E-state index contributed by atoms with van der Waals surface area (Å²) in [5.41, 5.74) is 0. The summed E-state index contributed by atoms with van der Waals surface area (Å²) in [6.07, 6.45) is 0.404. The summed E-state index contributed by atoms with van der Waals surface area (Å²) in [4.78, 5) is 0. The van der Waals surface area contributed by atoms with Crippen LogP contribution in [-0.4, -0.2) is 19.8 Å². The number of ether oxygens (including phenoxy) is 1. The first kappa shape index (κ1) is 9.63. The minimum atomic E-state index is -0.164. The van der Waals surface area contributed by atoms with Crippen molar-refractivity contribution in [1.29, 1.82) is 0 Å². The van der Waals surface area contributed by atoms with E-state index < -0.39 is 0 Å². The predicted octanol–water partition coefficient (Wildman–Crippen LogP) is 1.47. The van der Waals surface area contributed by atoms with Crippen LogP contribution in [0.3, 0.4) is 0 Å². The Morgan fingerprint density at radius 1 is 1.44 bits per heavy atom. The molecule has 3 heteroatoms. The van der Waals surface area contributed by atoms with Crippen molar-refractivity contribution in [3.8, 4) is 0 Å². The third kappa shape index (κ3) is 8.63. The van der Waals surface area contributed by atoms with Gasteiger partial charge in [0.15, 0.2) is 0 Å². The van der Waals surface area contributed by atoms with Crippen molar-refractivity contribution >= 4 is 0 Å². The van der Waals surface area contributed by atoms with E-state index in [1.807, 2.05) is 0 Å². The molecule has 0 aromatic carbocycles. The molecule has 0 aromatic heterocycles. The Kier molecular flexibility index (Phi) is 7.23. The fraction of sp³-hybridized carbons (Fsp3) is 1.00. The van der Waals surface area contributed by atoms with Crippen LogP contribution in [0.5, 0.6) is 0 Å². The standard InChI is InChI=1S/2C3H7O.Ti/c1-3-4-2;1-3(2)4;/h1,3H2,2H3;3H,1-2H3;/q;-1;+1. The van der Waals surface area contributed by atoms with Crippen molar-refractivity contribution in [2.24, 2.45) is 0 Å². The van der Waals surface area contributed by atoms with Crippen LogP contribution < -0.4 is 0 Å². The van der Waals surface area contributed by atoms with Gasteiger partial charge in [-0.3, -0.25) is 0 Å². The van der Waals surface area contributed by atoms with Gasteiger partial charge in [0.1, 0.15) is 0 Å². The van der Waals surface area contributed by atoms with E-state index in [1.165, 1.54) is 0 Å². The van der Waals surface area contributed by atoms with Gasteiger partial charge >= 0.3 is 66.0 Å². The second-order valence-corrected chi connectivity index (χ2v) is 3.65. The molecule has 0 N–H and O–H groups in total. The quantitative estimate of drug-likeness (QED) is 0.454. The van der Waals surface area contributed by atoms with Crippen molar-refractivity contribution in [3.63, 3.8) is 0 Å². The maximum absolute atomic E-state index is 5.39. The van der Waals surface area contributed by atoms with Crippen LogP contribution >= 0.6 is 0 Å². The van der Waals surface area contributed by atoms with Crippen LogP contribution in [-0.2, 0) is 27.6 Å². The molecule has 0 aliphatic heterocycles. The van der Waals surface area contributed by atoms with Crippen LogP contribution in [0.2, 0.25) is 4.73 Å². The van der Waals surface area contributed by atoms with Crippen molar-refractivity contribution in [1.82, 2.24) is 0 Å². The van der Waals surface area contributed by atoms with Crippen molar-refractivity contribution in [3.05, 3.63) is 0 Å². The van der Waals surface area contributed by atoms with Gasteiger partial charge in [-0.2, -0.15) is 0 Å². The Bertz CT molecular complexity index is 57.0. The number of hydrogen-bond donors (Lipinski definition) is 0. The molecular formula is C6H14O2Ti. The molecule has 0 fully saturated rings. The molecule has 0 unspecified atom stereocenters. The monoisotopic (exact) mass is 166 g/mol. The molecule has 0 radical (unpaired) electrons. The molecule has 0 amide bonds. The predicted molar refractivity (Wildman–Crippen MR) is 32.9 cm³/mol. The first-order valence-electron chi connectivity index (χ1n) is 3.15. The van der Waals surface area contributed by atoms with Crippen molar-refractivity contribution in [2.45, 2.75) is 24.7 Å². The molecule has 0 bridgehead atoms. The Hall–Kier alpha value is 0.634. The van der Waals surface area contributed by atoms with Crippen LogP contribution in [0.15, 0.2) is 0 Å². The normalized spacial score (nSPS) is 10.2. The number of hydrogen-bond acceptors (Lipinski definition) is 2. The number of methoxy groups -OCH3 is 1. The molecule has 2 nitrogen and oxygen atoms in total. The Balaban J connectivity index is 2.75. The van der Waals surface area contributed by atoms with E-state index in [2.05, 4.69) is 13.8 Å². The van der Waals surface area contributed by atoms with Gasteiger partial charge in [0.25, 0.3) is 0 Å². The average molecular weight is 166 g/mol. The molecule has 0 atom stereocenters. The van der Waals surface area contributed by atoms with E-state index in [4.69, 9.17) is 8.06 Å². The molecular weight excluding hydrogens is 152 g/mol. The summed E-state index contributed by atoms with van der Waals surface area (Å²) in [6, 6.07) is 0. The van der Waals surface area contributed by atoms with Gasteiger partial charge in [-0.1, -0.05) is 0 Å². The second-order valence-electron chi connectivity index (χ2n) is 2.05. The van der Waals surface area contributed by atoms with Gasteiger partial charge in [-0.15, -0.1) is 0 Å². The molecule has 0 heterocycles. The SMILES string of the molecule is COC[CH2][Ti][O]C(C)C. The molecule has 0 rings (SSSR count). The third-order valence-electron chi connectivity index (χ3n) is 0.727. The van der Waals surface area contributed by atoms with Gasteiger partial charge in [-0.25, -0.2) is 0 Å². The summed E-state index contributed by atoms with van der Waals surface area (Å²) < 4.78 is 11.4. The molecule has 0 saturated carbocycles. The molecule has 0 saturated heterocycles. The average Bonchev–Trinajstić information content (AvgIpc) is 1.80. The van der Waals surface area contributed by atoms with E-state index in [0.717, 1.165) is 11.3 Å². The van der Waals surface area contributed by atoms with Crippen LogP contribution in [0.1, 0.15) is 13.8 Å². The Morgan fingerprint density at radius 2 is 2.11 bits per heavy atom. The fourth-order valence-corrected chi connectivity index (χ4v) is 1.52. The summed E-state index contributed by atoms with van der Waals surface area (Å²) in [6.45, 7) is 4.99. The third-order valence-corrected chi connectivity index (χ3v) is 2.36. The summed E-state index contributed by atoms with van der Waals surface area (Å²) in [5.74, 6) is 0. The summed E-state index contributed by atoms with van der Waals surface area (Å²) in [5, 5.41) is 0. The van der Waals surface area contributed by atoms with Gasteiger partial charge in [-0.05, 0) is 0 Å². The molecule has 9 heavy (non-hydrogen) atoms. The van der Waals surface area contributed by atoms with E-state index >= 15 is 0 Å². The van der Waals surface area contributed by atoms with E-state index in [1.54, 1.807) is 7.11 Å². The molecule has 0 aliphatic rings. The fourth-order valence-electron chi connectivity index (χ4n) is 0.369. The molecule has 0 spiro atoms.